The third kappa shape index (κ3) is 7.77. The van der Waals surface area contributed by atoms with Gasteiger partial charge in [0.2, 0.25) is 0 Å². The number of carbonyl (C=O) groups is 3. The molecule has 5 heteroatoms. The van der Waals surface area contributed by atoms with E-state index < -0.39 is 6.03 Å². The number of anilines is 2. The number of rotatable bonds is 10. The van der Waals surface area contributed by atoms with Gasteiger partial charge in [-0.25, -0.2) is 4.79 Å². The van der Waals surface area contributed by atoms with Crippen molar-refractivity contribution in [2.24, 2.45) is 0 Å². The number of ketones is 2. The Bertz CT molecular complexity index is 1140. The van der Waals surface area contributed by atoms with Crippen molar-refractivity contribution in [1.29, 1.82) is 0 Å². The summed E-state index contributed by atoms with van der Waals surface area (Å²) in [6, 6.07) is 33.4. The summed E-state index contributed by atoms with van der Waals surface area (Å²) < 4.78 is 0. The zero-order valence-electron chi connectivity index (χ0n) is 19.9. The summed E-state index contributed by atoms with van der Waals surface area (Å²) in [4.78, 5) is 38.1. The second-order valence-electron chi connectivity index (χ2n) is 8.74. The Morgan fingerprint density at radius 2 is 0.833 bits per heavy atom. The fourth-order valence-corrected chi connectivity index (χ4v) is 4.08. The minimum absolute atomic E-state index is 0.0636. The minimum Gasteiger partial charge on any atom is -0.308 e. The first-order valence-electron chi connectivity index (χ1n) is 11.9. The lowest BCUT2D eigenvalue weighted by Gasteiger charge is -2.12. The number of hydrogen-bond acceptors (Lipinski definition) is 3. The van der Waals surface area contributed by atoms with E-state index in [0.29, 0.717) is 24.2 Å². The van der Waals surface area contributed by atoms with E-state index in [1.807, 2.05) is 84.9 Å². The minimum atomic E-state index is -0.393. The van der Waals surface area contributed by atoms with Gasteiger partial charge in [0.1, 0.15) is 11.6 Å². The summed E-state index contributed by atoms with van der Waals surface area (Å²) in [5.74, 6) is 0.127. The van der Waals surface area contributed by atoms with Crippen molar-refractivity contribution in [3.8, 4) is 0 Å². The number of para-hydroxylation sites is 1. The molecule has 0 fully saturated rings. The van der Waals surface area contributed by atoms with Gasteiger partial charge < -0.3 is 10.6 Å². The van der Waals surface area contributed by atoms with Gasteiger partial charge in [-0.1, -0.05) is 84.9 Å². The first-order chi connectivity index (χ1) is 17.5. The van der Waals surface area contributed by atoms with E-state index in [-0.39, 0.29) is 24.4 Å². The molecular weight excluding hydrogens is 448 g/mol. The number of Topliss-reactive ketones (excluding diaryl/α,β-unsaturated/α-hetero) is 2. The Kier molecular flexibility index (Phi) is 8.39. The first kappa shape index (κ1) is 24.6. The standard InChI is InChI=1S/C31H28N2O3/c34-29(19-23-10-4-1-5-11-23)21-25-16-26(22-30(35)20-24-12-6-2-7-13-24)18-28(17-25)33-31(36)32-27-14-8-3-9-15-27/h1-18H,19-22H2,(H2,32,33,36). The van der Waals surface area contributed by atoms with E-state index in [1.165, 1.54) is 0 Å². The smallest absolute Gasteiger partial charge is 0.308 e. The average molecular weight is 477 g/mol. The van der Waals surface area contributed by atoms with Gasteiger partial charge in [0, 0.05) is 37.1 Å². The Morgan fingerprint density at radius 3 is 1.31 bits per heavy atom. The van der Waals surface area contributed by atoms with E-state index in [0.717, 1.165) is 22.3 Å². The highest BCUT2D eigenvalue weighted by molar-refractivity contribution is 6.00. The monoisotopic (exact) mass is 476 g/mol. The molecule has 0 aliphatic heterocycles. The van der Waals surface area contributed by atoms with Crippen molar-refractivity contribution < 1.29 is 14.4 Å². The predicted octanol–water partition coefficient (Wildman–Crippen LogP) is 6.04. The van der Waals surface area contributed by atoms with E-state index in [4.69, 9.17) is 0 Å². The lowest BCUT2D eigenvalue weighted by Crippen LogP contribution is -2.20. The summed E-state index contributed by atoms with van der Waals surface area (Å²) in [5.41, 5.74) is 4.64. The molecule has 0 aliphatic rings. The van der Waals surface area contributed by atoms with Crippen molar-refractivity contribution in [1.82, 2.24) is 0 Å². The molecule has 0 radical (unpaired) electrons. The topological polar surface area (TPSA) is 75.3 Å². The zero-order chi connectivity index (χ0) is 25.2. The number of benzene rings is 4. The van der Waals surface area contributed by atoms with Gasteiger partial charge in [-0.2, -0.15) is 0 Å². The number of carbonyl (C=O) groups excluding carboxylic acids is 3. The SMILES string of the molecule is O=C(Cc1ccccc1)Cc1cc(CC(=O)Cc2ccccc2)cc(NC(=O)Nc2ccccc2)c1. The van der Waals surface area contributed by atoms with Crippen molar-refractivity contribution >= 4 is 29.0 Å². The third-order valence-electron chi connectivity index (χ3n) is 5.63. The summed E-state index contributed by atoms with van der Waals surface area (Å²) in [7, 11) is 0. The second-order valence-corrected chi connectivity index (χ2v) is 8.74. The molecule has 4 aromatic rings. The maximum Gasteiger partial charge on any atom is 0.323 e. The van der Waals surface area contributed by atoms with Crippen molar-refractivity contribution in [3.63, 3.8) is 0 Å². The Hall–Kier alpha value is -4.51. The Morgan fingerprint density at radius 1 is 0.444 bits per heavy atom. The average Bonchev–Trinajstić information content (AvgIpc) is 2.85. The van der Waals surface area contributed by atoms with E-state index in [2.05, 4.69) is 10.6 Å². The van der Waals surface area contributed by atoms with Gasteiger partial charge in [0.25, 0.3) is 0 Å². The van der Waals surface area contributed by atoms with Crippen LogP contribution in [-0.4, -0.2) is 17.6 Å². The van der Waals surface area contributed by atoms with Gasteiger partial charge >= 0.3 is 6.03 Å². The Balaban J connectivity index is 1.49. The largest absolute Gasteiger partial charge is 0.323 e. The zero-order valence-corrected chi connectivity index (χ0v) is 19.9. The van der Waals surface area contributed by atoms with Crippen LogP contribution in [-0.2, 0) is 35.3 Å². The predicted molar refractivity (Wildman–Crippen MR) is 143 cm³/mol. The molecule has 0 heterocycles. The van der Waals surface area contributed by atoms with Crippen molar-refractivity contribution in [2.45, 2.75) is 25.7 Å². The molecule has 0 spiro atoms. The summed E-state index contributed by atoms with van der Waals surface area (Å²) in [5, 5.41) is 5.64. The normalized spacial score (nSPS) is 10.4. The van der Waals surface area contributed by atoms with Crippen molar-refractivity contribution in [3.05, 3.63) is 131 Å². The molecule has 0 aromatic heterocycles. The molecular formula is C31H28N2O3. The molecule has 4 aromatic carbocycles. The van der Waals surface area contributed by atoms with Gasteiger partial charge in [0.05, 0.1) is 0 Å². The van der Waals surface area contributed by atoms with Crippen LogP contribution in [0.4, 0.5) is 16.2 Å². The van der Waals surface area contributed by atoms with Crippen LogP contribution in [0.15, 0.2) is 109 Å². The number of urea groups is 1. The molecule has 0 saturated heterocycles. The van der Waals surface area contributed by atoms with E-state index in [1.54, 1.807) is 24.3 Å². The molecule has 0 bridgehead atoms. The highest BCUT2D eigenvalue weighted by Crippen LogP contribution is 2.19. The summed E-state index contributed by atoms with van der Waals surface area (Å²) >= 11 is 0. The van der Waals surface area contributed by atoms with Crippen LogP contribution in [0.2, 0.25) is 0 Å². The maximum atomic E-state index is 12.8. The van der Waals surface area contributed by atoms with Crippen LogP contribution in [0.3, 0.4) is 0 Å². The fraction of sp³-hybridized carbons (Fsp3) is 0.129. The van der Waals surface area contributed by atoms with Gasteiger partial charge in [0.15, 0.2) is 0 Å². The first-order valence-corrected chi connectivity index (χ1v) is 11.9. The van der Waals surface area contributed by atoms with E-state index in [9.17, 15) is 14.4 Å². The highest BCUT2D eigenvalue weighted by Gasteiger charge is 2.12. The maximum absolute atomic E-state index is 12.8. The lowest BCUT2D eigenvalue weighted by molar-refractivity contribution is -0.118. The number of hydrogen-bond donors (Lipinski definition) is 2. The van der Waals surface area contributed by atoms with Gasteiger partial charge in [-0.15, -0.1) is 0 Å². The molecule has 36 heavy (non-hydrogen) atoms. The molecule has 180 valence electrons. The third-order valence-corrected chi connectivity index (χ3v) is 5.63. The second kappa shape index (κ2) is 12.3. The summed E-state index contributed by atoms with van der Waals surface area (Å²) in [6.45, 7) is 0. The molecule has 0 atom stereocenters. The van der Waals surface area contributed by atoms with Crippen LogP contribution in [0.1, 0.15) is 22.3 Å². The Labute approximate surface area is 211 Å². The molecule has 2 N–H and O–H groups in total. The highest BCUT2D eigenvalue weighted by atomic mass is 16.2. The van der Waals surface area contributed by atoms with Crippen LogP contribution in [0.25, 0.3) is 0 Å². The summed E-state index contributed by atoms with van der Waals surface area (Å²) in [6.07, 6.45) is 1.08. The number of nitrogens with one attached hydrogen (secondary N) is 2. The number of amides is 2. The molecule has 5 nitrogen and oxygen atoms in total. The molecule has 4 rings (SSSR count). The van der Waals surface area contributed by atoms with Gasteiger partial charge in [-0.05, 0) is 46.5 Å². The molecule has 0 aliphatic carbocycles. The van der Waals surface area contributed by atoms with Crippen molar-refractivity contribution in [2.75, 3.05) is 10.6 Å². The van der Waals surface area contributed by atoms with Crippen LogP contribution in [0.5, 0.6) is 0 Å². The molecule has 2 amide bonds. The molecule has 0 unspecified atom stereocenters. The van der Waals surface area contributed by atoms with Crippen LogP contribution in [0, 0.1) is 0 Å². The fourth-order valence-electron chi connectivity index (χ4n) is 4.08. The lowest BCUT2D eigenvalue weighted by atomic mass is 9.97. The van der Waals surface area contributed by atoms with E-state index >= 15 is 0 Å². The van der Waals surface area contributed by atoms with Gasteiger partial charge in [-0.3, -0.25) is 9.59 Å². The molecule has 0 saturated carbocycles. The van der Waals surface area contributed by atoms with Crippen LogP contribution >= 0.6 is 0 Å². The quantitative estimate of drug-likeness (QED) is 0.293. The van der Waals surface area contributed by atoms with Crippen LogP contribution < -0.4 is 10.6 Å².